The first-order valence-electron chi connectivity index (χ1n) is 9.96. The number of allylic oxidation sites excluding steroid dienone is 1. The van der Waals surface area contributed by atoms with Gasteiger partial charge in [-0.2, -0.15) is 17.5 Å². The molecule has 32 heavy (non-hydrogen) atoms. The number of amides is 1. The number of rotatable bonds is 6. The molecular weight excluding hydrogens is 445 g/mol. The molecule has 1 aliphatic heterocycles. The maximum atomic E-state index is 13.5. The lowest BCUT2D eigenvalue weighted by atomic mass is 10.1. The zero-order valence-electron chi connectivity index (χ0n) is 17.4. The van der Waals surface area contributed by atoms with Crippen molar-refractivity contribution < 1.29 is 31.1 Å². The molecule has 2 aromatic carbocycles. The number of carbonyl (C=O) groups excluding carboxylic acids is 1. The standard InChI is InChI=1S/C22H23F3N2O4S/c1-31-20-11-10-17(32(29,30)27-12-6-3-7-13-27)14-19(20)26-21(28)15-18(22(23,24)25)16-8-4-2-5-9-16/h2,4-5,8-11,14-15H,3,6-7,12-13H2,1H3,(H,26,28)/b18-15-. The molecule has 1 heterocycles. The van der Waals surface area contributed by atoms with Gasteiger partial charge in [0.25, 0.3) is 0 Å². The summed E-state index contributed by atoms with van der Waals surface area (Å²) < 4.78 is 72.9. The minimum Gasteiger partial charge on any atom is -0.495 e. The summed E-state index contributed by atoms with van der Waals surface area (Å²) in [6.07, 6.45) is -1.86. The molecule has 172 valence electrons. The van der Waals surface area contributed by atoms with Crippen molar-refractivity contribution in [1.82, 2.24) is 4.31 Å². The largest absolute Gasteiger partial charge is 0.495 e. The van der Waals surface area contributed by atoms with E-state index >= 15 is 0 Å². The van der Waals surface area contributed by atoms with Gasteiger partial charge in [-0.25, -0.2) is 8.42 Å². The monoisotopic (exact) mass is 468 g/mol. The van der Waals surface area contributed by atoms with Crippen molar-refractivity contribution in [2.45, 2.75) is 30.3 Å². The Kier molecular flexibility index (Phi) is 7.25. The van der Waals surface area contributed by atoms with Crippen molar-refractivity contribution in [3.8, 4) is 5.75 Å². The molecule has 1 saturated heterocycles. The Bertz CT molecular complexity index is 1090. The van der Waals surface area contributed by atoms with Crippen molar-refractivity contribution in [2.75, 3.05) is 25.5 Å². The number of alkyl halides is 3. The Morgan fingerprint density at radius 1 is 1.06 bits per heavy atom. The first-order valence-corrected chi connectivity index (χ1v) is 11.4. The molecule has 0 saturated carbocycles. The highest BCUT2D eigenvalue weighted by molar-refractivity contribution is 7.89. The van der Waals surface area contributed by atoms with Gasteiger partial charge in [-0.05, 0) is 36.6 Å². The number of sulfonamides is 1. The van der Waals surface area contributed by atoms with Crippen LogP contribution >= 0.6 is 0 Å². The minimum atomic E-state index is -4.76. The number of nitrogens with zero attached hydrogens (tertiary/aromatic N) is 1. The average Bonchev–Trinajstić information content (AvgIpc) is 2.78. The van der Waals surface area contributed by atoms with E-state index in [1.807, 2.05) is 0 Å². The van der Waals surface area contributed by atoms with Gasteiger partial charge < -0.3 is 10.1 Å². The molecule has 6 nitrogen and oxygen atoms in total. The zero-order valence-corrected chi connectivity index (χ0v) is 18.2. The van der Waals surface area contributed by atoms with Crippen molar-refractivity contribution in [3.05, 3.63) is 60.2 Å². The lowest BCUT2D eigenvalue weighted by molar-refractivity contribution is -0.112. The Hall–Kier alpha value is -2.85. The summed E-state index contributed by atoms with van der Waals surface area (Å²) >= 11 is 0. The molecule has 2 aromatic rings. The number of anilines is 1. The van der Waals surface area contributed by atoms with Crippen molar-refractivity contribution in [1.29, 1.82) is 0 Å². The van der Waals surface area contributed by atoms with Crippen molar-refractivity contribution in [2.24, 2.45) is 0 Å². The van der Waals surface area contributed by atoms with E-state index in [1.54, 1.807) is 6.07 Å². The van der Waals surface area contributed by atoms with E-state index in [1.165, 1.54) is 53.9 Å². The molecule has 3 rings (SSSR count). The molecular formula is C22H23F3N2O4S. The Morgan fingerprint density at radius 3 is 2.31 bits per heavy atom. The van der Waals surface area contributed by atoms with Gasteiger partial charge in [0.1, 0.15) is 5.75 Å². The highest BCUT2D eigenvalue weighted by Crippen LogP contribution is 2.34. The number of methoxy groups -OCH3 is 1. The van der Waals surface area contributed by atoms with Gasteiger partial charge in [-0.3, -0.25) is 4.79 Å². The summed E-state index contributed by atoms with van der Waals surface area (Å²) in [5.74, 6) is -0.940. The molecule has 0 atom stereocenters. The highest BCUT2D eigenvalue weighted by Gasteiger charge is 2.35. The van der Waals surface area contributed by atoms with Crippen LogP contribution in [0.25, 0.3) is 5.57 Å². The number of benzene rings is 2. The highest BCUT2D eigenvalue weighted by atomic mass is 32.2. The number of halogens is 3. The normalized spacial score (nSPS) is 15.9. The lowest BCUT2D eigenvalue weighted by Crippen LogP contribution is -2.35. The summed E-state index contributed by atoms with van der Waals surface area (Å²) in [5, 5.41) is 2.33. The van der Waals surface area contributed by atoms with Gasteiger partial charge in [-0.15, -0.1) is 0 Å². The van der Waals surface area contributed by atoms with E-state index in [4.69, 9.17) is 4.74 Å². The summed E-state index contributed by atoms with van der Waals surface area (Å²) in [5.41, 5.74) is -1.32. The molecule has 1 fully saturated rings. The second-order valence-corrected chi connectivity index (χ2v) is 9.18. The Morgan fingerprint density at radius 2 is 1.72 bits per heavy atom. The second kappa shape index (κ2) is 9.74. The Labute approximate surface area is 184 Å². The maximum Gasteiger partial charge on any atom is 0.417 e. The molecule has 1 aliphatic rings. The minimum absolute atomic E-state index is 0.0404. The smallest absolute Gasteiger partial charge is 0.417 e. The first-order chi connectivity index (χ1) is 15.1. The molecule has 0 aromatic heterocycles. The fourth-order valence-corrected chi connectivity index (χ4v) is 4.99. The van der Waals surface area contributed by atoms with Gasteiger partial charge in [0.2, 0.25) is 15.9 Å². The number of nitrogens with one attached hydrogen (secondary N) is 1. The van der Waals surface area contributed by atoms with Crippen LogP contribution in [0, 0.1) is 0 Å². The summed E-state index contributed by atoms with van der Waals surface area (Å²) in [7, 11) is -2.49. The predicted molar refractivity (Wildman–Crippen MR) is 115 cm³/mol. The molecule has 0 aliphatic carbocycles. The van der Waals surface area contributed by atoms with E-state index in [9.17, 15) is 26.4 Å². The van der Waals surface area contributed by atoms with E-state index < -0.39 is 27.7 Å². The predicted octanol–water partition coefficient (Wildman–Crippen LogP) is 4.45. The van der Waals surface area contributed by atoms with Crippen LogP contribution in [0.1, 0.15) is 24.8 Å². The first kappa shape index (κ1) is 23.8. The van der Waals surface area contributed by atoms with Crippen molar-refractivity contribution >= 4 is 27.2 Å². The lowest BCUT2D eigenvalue weighted by Gasteiger charge is -2.26. The SMILES string of the molecule is COc1ccc(S(=O)(=O)N2CCCCC2)cc1NC(=O)/C=C(/c1ccccc1)C(F)(F)F. The summed E-state index contributed by atoms with van der Waals surface area (Å²) in [6, 6.07) is 10.8. The Balaban J connectivity index is 1.92. The topological polar surface area (TPSA) is 75.7 Å². The zero-order chi connectivity index (χ0) is 23.4. The maximum absolute atomic E-state index is 13.5. The third-order valence-electron chi connectivity index (χ3n) is 5.05. The molecule has 0 radical (unpaired) electrons. The molecule has 0 spiro atoms. The molecule has 0 unspecified atom stereocenters. The van der Waals surface area contributed by atoms with Crippen molar-refractivity contribution in [3.63, 3.8) is 0 Å². The number of piperidine rings is 1. The van der Waals surface area contributed by atoms with Gasteiger partial charge in [0.15, 0.2) is 0 Å². The molecule has 10 heteroatoms. The number of carbonyl (C=O) groups is 1. The molecule has 1 N–H and O–H groups in total. The van der Waals surface area contributed by atoms with Crippen LogP contribution in [0.5, 0.6) is 5.75 Å². The van der Waals surface area contributed by atoms with Crippen LogP contribution in [-0.2, 0) is 14.8 Å². The second-order valence-electron chi connectivity index (χ2n) is 7.24. The van der Waals surface area contributed by atoms with Crippen LogP contribution < -0.4 is 10.1 Å². The van der Waals surface area contributed by atoms with E-state index in [0.29, 0.717) is 19.2 Å². The average molecular weight is 468 g/mol. The van der Waals surface area contributed by atoms with Crippen LogP contribution in [0.15, 0.2) is 59.5 Å². The van der Waals surface area contributed by atoms with Crippen LogP contribution in [0.3, 0.4) is 0 Å². The fourth-order valence-electron chi connectivity index (χ4n) is 3.45. The van der Waals surface area contributed by atoms with E-state index in [-0.39, 0.29) is 21.9 Å². The quantitative estimate of drug-likeness (QED) is 0.636. The van der Waals surface area contributed by atoms with E-state index in [0.717, 1.165) is 19.3 Å². The summed E-state index contributed by atoms with van der Waals surface area (Å²) in [6.45, 7) is 0.787. The number of hydrogen-bond acceptors (Lipinski definition) is 4. The van der Waals surface area contributed by atoms with Gasteiger partial charge in [0.05, 0.1) is 23.3 Å². The van der Waals surface area contributed by atoms with Crippen LogP contribution in [0.4, 0.5) is 18.9 Å². The fraction of sp³-hybridized carbons (Fsp3) is 0.318. The van der Waals surface area contributed by atoms with Crippen LogP contribution in [-0.4, -0.2) is 45.0 Å². The third kappa shape index (κ3) is 5.49. The van der Waals surface area contributed by atoms with Crippen LogP contribution in [0.2, 0.25) is 0 Å². The van der Waals surface area contributed by atoms with Gasteiger partial charge >= 0.3 is 6.18 Å². The van der Waals surface area contributed by atoms with Gasteiger partial charge in [-0.1, -0.05) is 36.8 Å². The van der Waals surface area contributed by atoms with Gasteiger partial charge in [0, 0.05) is 19.2 Å². The number of ether oxygens (including phenoxy) is 1. The number of hydrogen-bond donors (Lipinski definition) is 1. The summed E-state index contributed by atoms with van der Waals surface area (Å²) in [4.78, 5) is 12.4. The third-order valence-corrected chi connectivity index (χ3v) is 6.94. The molecule has 0 bridgehead atoms. The molecule has 1 amide bonds. The van der Waals surface area contributed by atoms with E-state index in [2.05, 4.69) is 5.32 Å².